The second kappa shape index (κ2) is 5.77. The van der Waals surface area contributed by atoms with E-state index in [9.17, 15) is 19.3 Å². The first-order valence-electron chi connectivity index (χ1n) is 5.99. The maximum atomic E-state index is 13.9. The van der Waals surface area contributed by atoms with Gasteiger partial charge in [-0.1, -0.05) is 13.8 Å². The van der Waals surface area contributed by atoms with E-state index in [2.05, 4.69) is 5.32 Å². The third-order valence-corrected chi connectivity index (χ3v) is 3.05. The number of non-ortho nitro benzene ring substituents is 1. The third-order valence-electron chi connectivity index (χ3n) is 3.05. The Morgan fingerprint density at radius 2 is 1.95 bits per heavy atom. The molecule has 0 radical (unpaired) electrons. The smallest absolute Gasteiger partial charge is 0.270 e. The number of benzene rings is 1. The van der Waals surface area contributed by atoms with E-state index in [-0.39, 0.29) is 28.8 Å². The van der Waals surface area contributed by atoms with Crippen LogP contribution in [0, 0.1) is 28.8 Å². The molecule has 0 aromatic heterocycles. The molecule has 1 aromatic rings. The van der Waals surface area contributed by atoms with Crippen molar-refractivity contribution in [2.24, 2.45) is 5.92 Å². The molecule has 1 N–H and O–H groups in total. The maximum Gasteiger partial charge on any atom is 0.270 e. The predicted octanol–water partition coefficient (Wildman–Crippen LogP) is 2.82. The molecule has 104 valence electrons. The summed E-state index contributed by atoms with van der Waals surface area (Å²) in [5.41, 5.74) is -0.503. The zero-order valence-corrected chi connectivity index (χ0v) is 11.4. The first-order valence-corrected chi connectivity index (χ1v) is 5.99. The number of nitrogens with one attached hydrogen (secondary N) is 1. The number of rotatable bonds is 4. The molecule has 1 rings (SSSR count). The summed E-state index contributed by atoms with van der Waals surface area (Å²) in [6.45, 7) is 7.02. The molecule has 0 aliphatic heterocycles. The number of nitrogens with zero attached hydrogens (tertiary/aromatic N) is 1. The van der Waals surface area contributed by atoms with Gasteiger partial charge in [-0.05, 0) is 25.3 Å². The summed E-state index contributed by atoms with van der Waals surface area (Å²) in [5, 5.41) is 13.3. The van der Waals surface area contributed by atoms with Crippen LogP contribution in [0.4, 0.5) is 10.1 Å². The Morgan fingerprint density at radius 3 is 2.42 bits per heavy atom. The molecule has 0 spiro atoms. The minimum atomic E-state index is -0.723. The molecule has 6 heteroatoms. The molecule has 0 saturated carbocycles. The molecule has 1 amide bonds. The summed E-state index contributed by atoms with van der Waals surface area (Å²) >= 11 is 0. The predicted molar refractivity (Wildman–Crippen MR) is 69.6 cm³/mol. The van der Waals surface area contributed by atoms with E-state index in [1.165, 1.54) is 6.92 Å². The molecular weight excluding hydrogens is 251 g/mol. The van der Waals surface area contributed by atoms with Crippen LogP contribution in [0.5, 0.6) is 0 Å². The number of amides is 1. The molecule has 19 heavy (non-hydrogen) atoms. The minimum Gasteiger partial charge on any atom is -0.349 e. The highest BCUT2D eigenvalue weighted by Crippen LogP contribution is 2.21. The van der Waals surface area contributed by atoms with Crippen LogP contribution < -0.4 is 5.32 Å². The summed E-state index contributed by atoms with van der Waals surface area (Å²) in [7, 11) is 0. The van der Waals surface area contributed by atoms with Crippen LogP contribution >= 0.6 is 0 Å². The van der Waals surface area contributed by atoms with Gasteiger partial charge in [-0.2, -0.15) is 0 Å². The number of nitro benzene ring substituents is 1. The fraction of sp³-hybridized carbons (Fsp3) is 0.462. The van der Waals surface area contributed by atoms with Crippen LogP contribution in [0.1, 0.15) is 36.7 Å². The highest BCUT2D eigenvalue weighted by Gasteiger charge is 2.21. The van der Waals surface area contributed by atoms with E-state index < -0.39 is 16.6 Å². The molecule has 0 aliphatic carbocycles. The van der Waals surface area contributed by atoms with Gasteiger partial charge in [-0.15, -0.1) is 0 Å². The zero-order chi connectivity index (χ0) is 14.7. The molecular formula is C13H17FN2O3. The van der Waals surface area contributed by atoms with Crippen LogP contribution in [0.15, 0.2) is 12.1 Å². The Labute approximate surface area is 111 Å². The Kier molecular flexibility index (Phi) is 4.58. The largest absolute Gasteiger partial charge is 0.349 e. The minimum absolute atomic E-state index is 0.0801. The van der Waals surface area contributed by atoms with Gasteiger partial charge in [0.1, 0.15) is 5.82 Å². The van der Waals surface area contributed by atoms with Gasteiger partial charge in [0.25, 0.3) is 11.6 Å². The van der Waals surface area contributed by atoms with Crippen LogP contribution in [0.3, 0.4) is 0 Å². The standard InChI is InChI=1S/C13H17FN2O3/c1-7(2)9(4)15-13(17)11-6-10(16(18)19)5-8(3)12(11)14/h5-7,9H,1-4H3,(H,15,17). The van der Waals surface area contributed by atoms with Crippen molar-refractivity contribution in [3.8, 4) is 0 Å². The topological polar surface area (TPSA) is 72.2 Å². The number of nitro groups is 1. The Balaban J connectivity index is 3.12. The van der Waals surface area contributed by atoms with Gasteiger partial charge in [-0.3, -0.25) is 14.9 Å². The maximum absolute atomic E-state index is 13.9. The number of halogens is 1. The van der Waals surface area contributed by atoms with Crippen LogP contribution in [-0.4, -0.2) is 16.9 Å². The van der Waals surface area contributed by atoms with Crippen molar-refractivity contribution in [1.82, 2.24) is 5.32 Å². The molecule has 5 nitrogen and oxygen atoms in total. The van der Waals surface area contributed by atoms with Gasteiger partial charge in [0.2, 0.25) is 0 Å². The van der Waals surface area contributed by atoms with E-state index in [1.807, 2.05) is 13.8 Å². The molecule has 1 unspecified atom stereocenters. The normalized spacial score (nSPS) is 12.3. The first-order chi connectivity index (χ1) is 8.73. The lowest BCUT2D eigenvalue weighted by molar-refractivity contribution is -0.385. The van der Waals surface area contributed by atoms with Crippen LogP contribution in [-0.2, 0) is 0 Å². The molecule has 0 heterocycles. The number of hydrogen-bond donors (Lipinski definition) is 1. The van der Waals surface area contributed by atoms with E-state index >= 15 is 0 Å². The SMILES string of the molecule is Cc1cc([N+](=O)[O-])cc(C(=O)NC(C)C(C)C)c1F. The Bertz CT molecular complexity index is 515. The van der Waals surface area contributed by atoms with Gasteiger partial charge >= 0.3 is 0 Å². The molecule has 1 aromatic carbocycles. The second-order valence-electron chi connectivity index (χ2n) is 4.89. The van der Waals surface area contributed by atoms with Gasteiger partial charge in [-0.25, -0.2) is 4.39 Å². The van der Waals surface area contributed by atoms with Crippen molar-refractivity contribution in [3.05, 3.63) is 39.2 Å². The molecule has 0 aliphatic rings. The van der Waals surface area contributed by atoms with Crippen molar-refractivity contribution in [1.29, 1.82) is 0 Å². The quantitative estimate of drug-likeness (QED) is 0.674. The number of hydrogen-bond acceptors (Lipinski definition) is 3. The van der Waals surface area contributed by atoms with E-state index in [1.54, 1.807) is 6.92 Å². The van der Waals surface area contributed by atoms with E-state index in [0.29, 0.717) is 0 Å². The number of aryl methyl sites for hydroxylation is 1. The van der Waals surface area contributed by atoms with Crippen LogP contribution in [0.25, 0.3) is 0 Å². The second-order valence-corrected chi connectivity index (χ2v) is 4.89. The molecule has 0 saturated heterocycles. The van der Waals surface area contributed by atoms with Crippen molar-refractivity contribution in [2.45, 2.75) is 33.7 Å². The lowest BCUT2D eigenvalue weighted by atomic mass is 10.0. The van der Waals surface area contributed by atoms with Crippen molar-refractivity contribution in [3.63, 3.8) is 0 Å². The Morgan fingerprint density at radius 1 is 1.37 bits per heavy atom. The van der Waals surface area contributed by atoms with Gasteiger partial charge in [0.15, 0.2) is 0 Å². The van der Waals surface area contributed by atoms with Gasteiger partial charge < -0.3 is 5.32 Å². The van der Waals surface area contributed by atoms with E-state index in [0.717, 1.165) is 12.1 Å². The first kappa shape index (κ1) is 15.1. The Hall–Kier alpha value is -1.98. The van der Waals surface area contributed by atoms with Gasteiger partial charge in [0.05, 0.1) is 10.5 Å². The summed E-state index contributed by atoms with van der Waals surface area (Å²) in [4.78, 5) is 22.0. The summed E-state index contributed by atoms with van der Waals surface area (Å²) in [5.74, 6) is -1.17. The van der Waals surface area contributed by atoms with Crippen molar-refractivity contribution < 1.29 is 14.1 Å². The molecule has 0 fully saturated rings. The average molecular weight is 268 g/mol. The highest BCUT2D eigenvalue weighted by molar-refractivity contribution is 5.95. The van der Waals surface area contributed by atoms with Crippen molar-refractivity contribution in [2.75, 3.05) is 0 Å². The lowest BCUT2D eigenvalue weighted by Crippen LogP contribution is -2.36. The lowest BCUT2D eigenvalue weighted by Gasteiger charge is -2.17. The monoisotopic (exact) mass is 268 g/mol. The third kappa shape index (κ3) is 3.49. The summed E-state index contributed by atoms with van der Waals surface area (Å²) in [6.07, 6.45) is 0. The number of carbonyl (C=O) groups excluding carboxylic acids is 1. The summed E-state index contributed by atoms with van der Waals surface area (Å²) in [6, 6.07) is 1.93. The number of carbonyl (C=O) groups is 1. The molecule has 0 bridgehead atoms. The van der Waals surface area contributed by atoms with Gasteiger partial charge in [0, 0.05) is 18.2 Å². The zero-order valence-electron chi connectivity index (χ0n) is 11.4. The average Bonchev–Trinajstić information content (AvgIpc) is 2.31. The highest BCUT2D eigenvalue weighted by atomic mass is 19.1. The van der Waals surface area contributed by atoms with Crippen LogP contribution in [0.2, 0.25) is 0 Å². The molecule has 1 atom stereocenters. The van der Waals surface area contributed by atoms with Crippen molar-refractivity contribution >= 4 is 11.6 Å². The fourth-order valence-corrected chi connectivity index (χ4v) is 1.47. The fourth-order valence-electron chi connectivity index (χ4n) is 1.47. The summed E-state index contributed by atoms with van der Waals surface area (Å²) < 4.78 is 13.9. The van der Waals surface area contributed by atoms with E-state index in [4.69, 9.17) is 0 Å².